The molecule has 0 bridgehead atoms. The van der Waals surface area contributed by atoms with E-state index in [4.69, 9.17) is 21.4 Å². The van der Waals surface area contributed by atoms with E-state index in [0.717, 1.165) is 0 Å². The molecule has 10 nitrogen and oxygen atoms in total. The maximum atomic E-state index is 11.8. The van der Waals surface area contributed by atoms with Gasteiger partial charge in [0.15, 0.2) is 0 Å². The van der Waals surface area contributed by atoms with E-state index in [1.54, 1.807) is 24.3 Å². The van der Waals surface area contributed by atoms with Gasteiger partial charge in [-0.15, -0.1) is 0 Å². The largest absolute Gasteiger partial charge is 0.481 e. The molecule has 0 fully saturated rings. The van der Waals surface area contributed by atoms with Crippen LogP contribution in [0.2, 0.25) is 0 Å². The second kappa shape index (κ2) is 9.01. The van der Waals surface area contributed by atoms with E-state index in [9.17, 15) is 19.2 Å². The summed E-state index contributed by atoms with van der Waals surface area (Å²) in [5.74, 6) is -4.15. The summed E-state index contributed by atoms with van der Waals surface area (Å²) in [6.07, 6.45) is -1.25. The van der Waals surface area contributed by atoms with Gasteiger partial charge < -0.3 is 26.6 Å². The van der Waals surface area contributed by atoms with E-state index in [2.05, 4.69) is 10.6 Å². The summed E-state index contributed by atoms with van der Waals surface area (Å²) in [6.45, 7) is 0. The Morgan fingerprint density at radius 3 is 2.08 bits per heavy atom. The van der Waals surface area contributed by atoms with Crippen LogP contribution in [0.5, 0.6) is 0 Å². The molecule has 0 aliphatic carbocycles. The highest BCUT2D eigenvalue weighted by Gasteiger charge is 2.23. The summed E-state index contributed by atoms with van der Waals surface area (Å²) in [5.41, 5.74) is 6.25. The van der Waals surface area contributed by atoms with E-state index >= 15 is 0 Å². The second-order valence-corrected chi connectivity index (χ2v) is 5.10. The molecule has 0 heterocycles. The van der Waals surface area contributed by atoms with Gasteiger partial charge in [0.2, 0.25) is 11.8 Å². The van der Waals surface area contributed by atoms with Gasteiger partial charge in [0.25, 0.3) is 0 Å². The van der Waals surface area contributed by atoms with Gasteiger partial charge in [-0.25, -0.2) is 4.79 Å². The topological polar surface area (TPSA) is 183 Å². The first-order valence-corrected chi connectivity index (χ1v) is 7.17. The lowest BCUT2D eigenvalue weighted by Gasteiger charge is -2.12. The Morgan fingerprint density at radius 1 is 1.04 bits per heavy atom. The van der Waals surface area contributed by atoms with Gasteiger partial charge in [-0.2, -0.15) is 0 Å². The standard InChI is InChI=1S/C15H18N4O6/c16-14(17)8-1-3-9(4-2-8)18-11(20)5-6-12(21)19-10(15(24)25)7-13(22)23/h1-4,10H,5-7H2,(H3,16,17)(H,18,20)(H,19,21)(H,22,23)(H,24,25). The Morgan fingerprint density at radius 2 is 1.60 bits per heavy atom. The number of hydrogen-bond donors (Lipinski definition) is 6. The predicted octanol–water partition coefficient (Wildman–Crippen LogP) is -0.267. The van der Waals surface area contributed by atoms with Gasteiger partial charge >= 0.3 is 11.9 Å². The molecule has 1 unspecified atom stereocenters. The summed E-state index contributed by atoms with van der Waals surface area (Å²) in [4.78, 5) is 44.8. The first-order valence-electron chi connectivity index (χ1n) is 7.17. The molecule has 1 atom stereocenters. The minimum Gasteiger partial charge on any atom is -0.481 e. The Bertz CT molecular complexity index is 686. The molecule has 0 spiro atoms. The van der Waals surface area contributed by atoms with E-state index in [1.165, 1.54) is 0 Å². The Labute approximate surface area is 142 Å². The summed E-state index contributed by atoms with van der Waals surface area (Å²) in [5, 5.41) is 29.2. The fourth-order valence-corrected chi connectivity index (χ4v) is 1.82. The number of nitrogens with two attached hydrogens (primary N) is 1. The predicted molar refractivity (Wildman–Crippen MR) is 87.1 cm³/mol. The molecule has 25 heavy (non-hydrogen) atoms. The van der Waals surface area contributed by atoms with Crippen molar-refractivity contribution in [1.29, 1.82) is 5.41 Å². The van der Waals surface area contributed by atoms with Crippen molar-refractivity contribution in [2.45, 2.75) is 25.3 Å². The number of anilines is 1. The minimum atomic E-state index is -1.55. The number of hydrogen-bond acceptors (Lipinski definition) is 5. The van der Waals surface area contributed by atoms with Crippen LogP contribution in [0.4, 0.5) is 5.69 Å². The summed E-state index contributed by atoms with van der Waals surface area (Å²) in [6, 6.07) is 4.64. The molecule has 2 amide bonds. The SMILES string of the molecule is N=C(N)c1ccc(NC(=O)CCC(=O)NC(CC(=O)O)C(=O)O)cc1. The number of amides is 2. The average molecular weight is 350 g/mol. The van der Waals surface area contributed by atoms with Crippen molar-refractivity contribution in [3.63, 3.8) is 0 Å². The zero-order valence-corrected chi connectivity index (χ0v) is 13.1. The lowest BCUT2D eigenvalue weighted by molar-refractivity contribution is -0.147. The molecule has 1 aromatic rings. The monoisotopic (exact) mass is 350 g/mol. The third-order valence-electron chi connectivity index (χ3n) is 3.07. The lowest BCUT2D eigenvalue weighted by Crippen LogP contribution is -2.42. The normalized spacial score (nSPS) is 11.2. The summed E-state index contributed by atoms with van der Waals surface area (Å²) >= 11 is 0. The highest BCUT2D eigenvalue weighted by atomic mass is 16.4. The maximum absolute atomic E-state index is 11.8. The molecule has 1 rings (SSSR count). The van der Waals surface area contributed by atoms with E-state index in [1.807, 2.05) is 0 Å². The van der Waals surface area contributed by atoms with Crippen molar-refractivity contribution in [2.24, 2.45) is 5.73 Å². The van der Waals surface area contributed by atoms with E-state index in [-0.39, 0.29) is 18.7 Å². The van der Waals surface area contributed by atoms with Crippen LogP contribution in [-0.4, -0.2) is 45.8 Å². The molecule has 0 radical (unpaired) electrons. The van der Waals surface area contributed by atoms with Crippen molar-refractivity contribution >= 4 is 35.3 Å². The van der Waals surface area contributed by atoms with Gasteiger partial charge in [-0.3, -0.25) is 19.8 Å². The number of aliphatic carboxylic acids is 2. The molecule has 0 saturated carbocycles. The number of carbonyl (C=O) groups excluding carboxylic acids is 2. The number of nitrogen functional groups attached to an aromatic ring is 1. The van der Waals surface area contributed by atoms with Crippen LogP contribution < -0.4 is 16.4 Å². The Hall–Kier alpha value is -3.43. The van der Waals surface area contributed by atoms with Crippen LogP contribution in [0.3, 0.4) is 0 Å². The number of nitrogens with one attached hydrogen (secondary N) is 3. The van der Waals surface area contributed by atoms with Crippen molar-refractivity contribution in [2.75, 3.05) is 5.32 Å². The van der Waals surface area contributed by atoms with Gasteiger partial charge in [0.05, 0.1) is 6.42 Å². The maximum Gasteiger partial charge on any atom is 0.326 e. The van der Waals surface area contributed by atoms with E-state index < -0.39 is 36.2 Å². The molecule has 10 heteroatoms. The third kappa shape index (κ3) is 7.12. The molecule has 1 aromatic carbocycles. The van der Waals surface area contributed by atoms with Gasteiger partial charge in [0, 0.05) is 24.1 Å². The number of carboxylic acid groups (broad SMARTS) is 2. The molecule has 0 aliphatic heterocycles. The van der Waals surface area contributed by atoms with Crippen molar-refractivity contribution < 1.29 is 29.4 Å². The van der Waals surface area contributed by atoms with Crippen molar-refractivity contribution in [3.05, 3.63) is 29.8 Å². The lowest BCUT2D eigenvalue weighted by atomic mass is 10.2. The number of amidine groups is 1. The van der Waals surface area contributed by atoms with Crippen LogP contribution in [0.15, 0.2) is 24.3 Å². The third-order valence-corrected chi connectivity index (χ3v) is 3.07. The van der Waals surface area contributed by atoms with Crippen LogP contribution in [0, 0.1) is 5.41 Å². The zero-order valence-electron chi connectivity index (χ0n) is 13.1. The first-order chi connectivity index (χ1) is 11.7. The highest BCUT2D eigenvalue weighted by Crippen LogP contribution is 2.10. The van der Waals surface area contributed by atoms with Crippen molar-refractivity contribution in [3.8, 4) is 0 Å². The quantitative estimate of drug-likeness (QED) is 0.261. The zero-order chi connectivity index (χ0) is 19.0. The van der Waals surface area contributed by atoms with Gasteiger partial charge in [0.1, 0.15) is 11.9 Å². The summed E-state index contributed by atoms with van der Waals surface area (Å²) in [7, 11) is 0. The molecular formula is C15H18N4O6. The minimum absolute atomic E-state index is 0.108. The number of carbonyl (C=O) groups is 4. The molecule has 7 N–H and O–H groups in total. The number of rotatable bonds is 9. The highest BCUT2D eigenvalue weighted by molar-refractivity contribution is 5.97. The van der Waals surface area contributed by atoms with Gasteiger partial charge in [-0.05, 0) is 24.3 Å². The fraction of sp³-hybridized carbons (Fsp3) is 0.267. The van der Waals surface area contributed by atoms with Crippen LogP contribution in [0.1, 0.15) is 24.8 Å². The Kier molecular flexibility index (Phi) is 7.07. The van der Waals surface area contributed by atoms with E-state index in [0.29, 0.717) is 11.3 Å². The summed E-state index contributed by atoms with van der Waals surface area (Å²) < 4.78 is 0. The van der Waals surface area contributed by atoms with Crippen molar-refractivity contribution in [1.82, 2.24) is 5.32 Å². The molecule has 0 aromatic heterocycles. The fourth-order valence-electron chi connectivity index (χ4n) is 1.82. The molecule has 0 aliphatic rings. The second-order valence-electron chi connectivity index (χ2n) is 5.10. The number of benzene rings is 1. The molecule has 134 valence electrons. The van der Waals surface area contributed by atoms with Gasteiger partial charge in [-0.1, -0.05) is 0 Å². The number of carboxylic acids is 2. The molecular weight excluding hydrogens is 332 g/mol. The van der Waals surface area contributed by atoms with Crippen LogP contribution in [0.25, 0.3) is 0 Å². The average Bonchev–Trinajstić information content (AvgIpc) is 2.52. The van der Waals surface area contributed by atoms with Crippen LogP contribution in [-0.2, 0) is 19.2 Å². The smallest absolute Gasteiger partial charge is 0.326 e. The van der Waals surface area contributed by atoms with Crippen LogP contribution >= 0.6 is 0 Å². The molecule has 0 saturated heterocycles. The Balaban J connectivity index is 2.47. The first kappa shape index (κ1) is 19.6.